The summed E-state index contributed by atoms with van der Waals surface area (Å²) in [6, 6.07) is 0. The highest BCUT2D eigenvalue weighted by molar-refractivity contribution is 5.74. The summed E-state index contributed by atoms with van der Waals surface area (Å²) < 4.78 is 28.6. The quantitative estimate of drug-likeness (QED) is 0.0228. The van der Waals surface area contributed by atoms with Crippen molar-refractivity contribution >= 4 is 23.9 Å². The largest absolute Gasteiger partial charge is 0.479 e. The summed E-state index contributed by atoms with van der Waals surface area (Å²) in [6.07, 6.45) is 56.6. The fraction of sp³-hybridized carbons (Fsp3) is 0.855. The van der Waals surface area contributed by atoms with Crippen molar-refractivity contribution in [3.8, 4) is 0 Å². The van der Waals surface area contributed by atoms with Crippen LogP contribution in [0.1, 0.15) is 329 Å². The van der Waals surface area contributed by atoms with Crippen LogP contribution in [-0.2, 0) is 42.9 Å². The first kappa shape index (κ1) is 76.0. The molecule has 3 N–H and O–H groups in total. The molecule has 1 aliphatic heterocycles. The molecule has 0 saturated carbocycles. The minimum atomic E-state index is -1.90. The molecule has 12 nitrogen and oxygen atoms in total. The third-order valence-corrected chi connectivity index (χ3v) is 15.7. The van der Waals surface area contributed by atoms with E-state index in [-0.39, 0.29) is 25.9 Å². The van der Waals surface area contributed by atoms with Crippen LogP contribution in [0.5, 0.6) is 0 Å². The molecule has 6 atom stereocenters. The highest BCUT2D eigenvalue weighted by Gasteiger charge is 2.50. The molecule has 81 heavy (non-hydrogen) atoms. The Balaban J connectivity index is 2.63. The molecular formula is C69H124O12. The minimum absolute atomic E-state index is 0.0614. The molecule has 0 aromatic rings. The first-order valence-corrected chi connectivity index (χ1v) is 34.0. The summed E-state index contributed by atoms with van der Waals surface area (Å²) in [6.45, 7) is 6.02. The highest BCUT2D eigenvalue weighted by atomic mass is 16.7. The molecule has 0 bridgehead atoms. The Morgan fingerprint density at radius 2 is 0.741 bits per heavy atom. The molecule has 0 aliphatic carbocycles. The molecule has 1 fully saturated rings. The summed E-state index contributed by atoms with van der Waals surface area (Å²) in [5.41, 5.74) is 0. The number of esters is 3. The second kappa shape index (κ2) is 57.4. The van der Waals surface area contributed by atoms with Crippen molar-refractivity contribution in [2.75, 3.05) is 13.2 Å². The second-order valence-corrected chi connectivity index (χ2v) is 23.5. The molecular weight excluding hydrogens is 1020 g/mol. The van der Waals surface area contributed by atoms with Crippen molar-refractivity contribution in [3.05, 3.63) is 36.5 Å². The van der Waals surface area contributed by atoms with Crippen LogP contribution in [0.25, 0.3) is 0 Å². The Labute approximate surface area is 495 Å². The average molecular weight is 1150 g/mol. The lowest BCUT2D eigenvalue weighted by Gasteiger charge is -2.40. The van der Waals surface area contributed by atoms with Gasteiger partial charge in [-0.25, -0.2) is 4.79 Å². The monoisotopic (exact) mass is 1140 g/mol. The molecule has 0 aromatic carbocycles. The number of aliphatic hydroxyl groups is 2. The van der Waals surface area contributed by atoms with E-state index < -0.39 is 67.3 Å². The van der Waals surface area contributed by atoms with Gasteiger partial charge in [-0.2, -0.15) is 0 Å². The maximum absolute atomic E-state index is 13.2. The van der Waals surface area contributed by atoms with E-state index in [0.29, 0.717) is 19.3 Å². The number of rotatable bonds is 59. The van der Waals surface area contributed by atoms with E-state index in [4.69, 9.17) is 23.7 Å². The Hall–Kier alpha value is -3.06. The molecule has 1 saturated heterocycles. The lowest BCUT2D eigenvalue weighted by molar-refractivity contribution is -0.301. The zero-order valence-electron chi connectivity index (χ0n) is 52.3. The van der Waals surface area contributed by atoms with Crippen LogP contribution in [0.3, 0.4) is 0 Å². The van der Waals surface area contributed by atoms with E-state index in [9.17, 15) is 34.5 Å². The summed E-state index contributed by atoms with van der Waals surface area (Å²) in [4.78, 5) is 51.4. The van der Waals surface area contributed by atoms with Gasteiger partial charge in [-0.3, -0.25) is 14.4 Å². The van der Waals surface area contributed by atoms with Crippen LogP contribution in [0.4, 0.5) is 0 Å². The van der Waals surface area contributed by atoms with Crippen LogP contribution in [-0.4, -0.2) is 89.2 Å². The number of aliphatic carboxylic acids is 1. The van der Waals surface area contributed by atoms with Gasteiger partial charge in [0.15, 0.2) is 24.6 Å². The van der Waals surface area contributed by atoms with Crippen LogP contribution in [0, 0.1) is 0 Å². The third-order valence-electron chi connectivity index (χ3n) is 15.7. The molecule has 472 valence electrons. The van der Waals surface area contributed by atoms with Crippen molar-refractivity contribution < 1.29 is 58.2 Å². The SMILES string of the molecule is CCCCC/C=C\C/C=C\CCCCCCCCCC(=O)OCC(COC1OC(C(=O)O)C(O)C(O)C1OC(=O)CCCCCCCCCCC/C=C\CCCCCCCC)OC(=O)CCCCCCCCCCCCCCCCC. The zero-order valence-corrected chi connectivity index (χ0v) is 52.3. The van der Waals surface area contributed by atoms with Gasteiger partial charge in [-0.1, -0.05) is 269 Å². The number of carboxylic acids is 1. The molecule has 1 rings (SSSR count). The van der Waals surface area contributed by atoms with Gasteiger partial charge in [0.25, 0.3) is 0 Å². The van der Waals surface area contributed by atoms with E-state index in [1.165, 1.54) is 180 Å². The zero-order chi connectivity index (χ0) is 58.9. The van der Waals surface area contributed by atoms with Crippen molar-refractivity contribution in [1.82, 2.24) is 0 Å². The number of carboxylic acid groups (broad SMARTS) is 1. The lowest BCUT2D eigenvalue weighted by atomic mass is 9.98. The van der Waals surface area contributed by atoms with Gasteiger partial charge >= 0.3 is 23.9 Å². The molecule has 6 unspecified atom stereocenters. The molecule has 0 aromatic heterocycles. The number of hydrogen-bond donors (Lipinski definition) is 3. The summed E-state index contributed by atoms with van der Waals surface area (Å²) in [5, 5.41) is 31.6. The Kier molecular flexibility index (Phi) is 53.8. The van der Waals surface area contributed by atoms with Crippen molar-refractivity contribution in [2.45, 2.75) is 366 Å². The van der Waals surface area contributed by atoms with E-state index in [0.717, 1.165) is 89.9 Å². The smallest absolute Gasteiger partial charge is 0.335 e. The molecule has 12 heteroatoms. The predicted molar refractivity (Wildman–Crippen MR) is 331 cm³/mol. The van der Waals surface area contributed by atoms with Crippen molar-refractivity contribution in [1.29, 1.82) is 0 Å². The maximum atomic E-state index is 13.2. The highest BCUT2D eigenvalue weighted by Crippen LogP contribution is 2.27. The van der Waals surface area contributed by atoms with Crippen LogP contribution < -0.4 is 0 Å². The van der Waals surface area contributed by atoms with E-state index >= 15 is 0 Å². The normalized spacial score (nSPS) is 17.9. The standard InChI is InChI=1S/C69H124O12/c1-4-7-10-13-16-19-22-25-28-30-31-33-36-39-42-45-48-51-54-57-63(72)80-67-65(74)64(73)66(68(75)76)81-69(67)78-59-60(79-62(71)56-53-50-47-44-41-38-34-27-24-21-18-15-12-9-6-3)58-77-61(70)55-52-49-46-43-40-37-35-32-29-26-23-20-17-14-11-8-5-2/h17,20,25-26,28-29,60,64-67,69,73-74H,4-16,18-19,21-24,27,30-59H2,1-3H3,(H,75,76)/b20-17-,28-25-,29-26-. The summed E-state index contributed by atoms with van der Waals surface area (Å²) >= 11 is 0. The van der Waals surface area contributed by atoms with Gasteiger partial charge in [0.1, 0.15) is 18.8 Å². The summed E-state index contributed by atoms with van der Waals surface area (Å²) in [7, 11) is 0. The summed E-state index contributed by atoms with van der Waals surface area (Å²) in [5.74, 6) is -3.09. The number of allylic oxidation sites excluding steroid dienone is 6. The van der Waals surface area contributed by atoms with Crippen LogP contribution >= 0.6 is 0 Å². The number of carbonyl (C=O) groups excluding carboxylic acids is 3. The fourth-order valence-electron chi connectivity index (χ4n) is 10.5. The number of hydrogen-bond acceptors (Lipinski definition) is 11. The number of unbranched alkanes of at least 4 members (excludes halogenated alkanes) is 39. The predicted octanol–water partition coefficient (Wildman–Crippen LogP) is 18.4. The van der Waals surface area contributed by atoms with Gasteiger partial charge < -0.3 is 39.0 Å². The van der Waals surface area contributed by atoms with Gasteiger partial charge in [0, 0.05) is 19.3 Å². The topological polar surface area (TPSA) is 175 Å². The van der Waals surface area contributed by atoms with Crippen molar-refractivity contribution in [2.24, 2.45) is 0 Å². The average Bonchev–Trinajstić information content (AvgIpc) is 3.53. The second-order valence-electron chi connectivity index (χ2n) is 23.5. The van der Waals surface area contributed by atoms with Gasteiger partial charge in [0.05, 0.1) is 6.61 Å². The van der Waals surface area contributed by atoms with Gasteiger partial charge in [-0.05, 0) is 77.0 Å². The maximum Gasteiger partial charge on any atom is 0.335 e. The Morgan fingerprint density at radius 1 is 0.407 bits per heavy atom. The number of ether oxygens (including phenoxy) is 5. The Bertz CT molecular complexity index is 1550. The van der Waals surface area contributed by atoms with E-state index in [1.807, 2.05) is 0 Å². The van der Waals surface area contributed by atoms with Crippen molar-refractivity contribution in [3.63, 3.8) is 0 Å². The molecule has 1 aliphatic rings. The first-order chi connectivity index (χ1) is 39.6. The number of carbonyl (C=O) groups is 4. The van der Waals surface area contributed by atoms with E-state index in [1.54, 1.807) is 0 Å². The lowest BCUT2D eigenvalue weighted by Crippen LogP contribution is -2.61. The third kappa shape index (κ3) is 46.9. The molecule has 0 amide bonds. The van der Waals surface area contributed by atoms with Crippen LogP contribution in [0.15, 0.2) is 36.5 Å². The Morgan fingerprint density at radius 3 is 1.15 bits per heavy atom. The van der Waals surface area contributed by atoms with Gasteiger partial charge in [-0.15, -0.1) is 0 Å². The fourth-order valence-corrected chi connectivity index (χ4v) is 10.5. The van der Waals surface area contributed by atoms with Gasteiger partial charge in [0.2, 0.25) is 0 Å². The van der Waals surface area contributed by atoms with E-state index in [2.05, 4.69) is 57.2 Å². The molecule has 0 spiro atoms. The number of aliphatic hydroxyl groups excluding tert-OH is 2. The first-order valence-electron chi connectivity index (χ1n) is 34.0. The molecule has 0 radical (unpaired) electrons. The van der Waals surface area contributed by atoms with Crippen LogP contribution in [0.2, 0.25) is 0 Å². The minimum Gasteiger partial charge on any atom is -0.479 e. The molecule has 1 heterocycles.